The lowest BCUT2D eigenvalue weighted by atomic mass is 9.98. The fraction of sp³-hybridized carbons (Fsp3) is 0.409. The van der Waals surface area contributed by atoms with E-state index >= 15 is 0 Å². The predicted octanol–water partition coefficient (Wildman–Crippen LogP) is 5.53. The molecule has 0 aliphatic rings. The molecule has 3 nitrogen and oxygen atoms in total. The smallest absolute Gasteiger partial charge is 0.265 e. The van der Waals surface area contributed by atoms with E-state index in [4.69, 9.17) is 4.74 Å². The van der Waals surface area contributed by atoms with Crippen LogP contribution in [0, 0.1) is 20.8 Å². The van der Waals surface area contributed by atoms with Gasteiger partial charge in [0.05, 0.1) is 0 Å². The maximum atomic E-state index is 12.8. The lowest BCUT2D eigenvalue weighted by Gasteiger charge is -2.21. The van der Waals surface area contributed by atoms with E-state index in [1.807, 2.05) is 52.0 Å². The molecule has 2 aromatic carbocycles. The standard InChI is InChI=1S/C22H29NO2/c1-7-20(25-18-12-15(4)11-16(5)13-18)22(24)23-21-17(6)9-8-10-19(21)14(2)3/h8-14,20H,7H2,1-6H3,(H,23,24). The third-order valence-corrected chi connectivity index (χ3v) is 4.31. The Kier molecular flexibility index (Phi) is 6.24. The number of ether oxygens (including phenoxy) is 1. The van der Waals surface area contributed by atoms with E-state index in [0.717, 1.165) is 33.7 Å². The minimum atomic E-state index is -0.513. The number of amides is 1. The highest BCUT2D eigenvalue weighted by atomic mass is 16.5. The van der Waals surface area contributed by atoms with Crippen molar-refractivity contribution >= 4 is 11.6 Å². The molecule has 0 radical (unpaired) electrons. The Balaban J connectivity index is 2.21. The van der Waals surface area contributed by atoms with Gasteiger partial charge < -0.3 is 10.1 Å². The summed E-state index contributed by atoms with van der Waals surface area (Å²) in [5.41, 5.74) is 5.39. The van der Waals surface area contributed by atoms with Crippen LogP contribution in [-0.2, 0) is 4.79 Å². The monoisotopic (exact) mass is 339 g/mol. The van der Waals surface area contributed by atoms with Crippen LogP contribution in [0.5, 0.6) is 5.75 Å². The number of rotatable bonds is 6. The second-order valence-corrected chi connectivity index (χ2v) is 7.02. The van der Waals surface area contributed by atoms with Crippen LogP contribution >= 0.6 is 0 Å². The predicted molar refractivity (Wildman–Crippen MR) is 105 cm³/mol. The maximum Gasteiger partial charge on any atom is 0.265 e. The first-order valence-corrected chi connectivity index (χ1v) is 8.97. The van der Waals surface area contributed by atoms with E-state index in [2.05, 4.69) is 31.3 Å². The zero-order valence-corrected chi connectivity index (χ0v) is 16.1. The van der Waals surface area contributed by atoms with Crippen molar-refractivity contribution in [2.45, 2.75) is 60.0 Å². The van der Waals surface area contributed by atoms with Gasteiger partial charge in [0.2, 0.25) is 0 Å². The molecule has 1 N–H and O–H groups in total. The number of anilines is 1. The van der Waals surface area contributed by atoms with E-state index in [1.165, 1.54) is 0 Å². The highest BCUT2D eigenvalue weighted by molar-refractivity contribution is 5.95. The van der Waals surface area contributed by atoms with Crippen LogP contribution in [0.3, 0.4) is 0 Å². The molecule has 0 aliphatic heterocycles. The number of benzene rings is 2. The van der Waals surface area contributed by atoms with Crippen molar-refractivity contribution in [2.24, 2.45) is 0 Å². The number of para-hydroxylation sites is 1. The zero-order valence-electron chi connectivity index (χ0n) is 16.1. The van der Waals surface area contributed by atoms with Crippen molar-refractivity contribution in [3.05, 3.63) is 58.7 Å². The van der Waals surface area contributed by atoms with Gasteiger partial charge in [0.1, 0.15) is 5.75 Å². The Bertz CT molecular complexity index is 729. The highest BCUT2D eigenvalue weighted by Gasteiger charge is 2.21. The summed E-state index contributed by atoms with van der Waals surface area (Å²) in [6.45, 7) is 12.3. The Hall–Kier alpha value is -2.29. The summed E-state index contributed by atoms with van der Waals surface area (Å²) in [5.74, 6) is 0.988. The third kappa shape index (κ3) is 4.85. The number of hydrogen-bond donors (Lipinski definition) is 1. The van der Waals surface area contributed by atoms with Crippen molar-refractivity contribution in [3.63, 3.8) is 0 Å². The summed E-state index contributed by atoms with van der Waals surface area (Å²) < 4.78 is 5.99. The van der Waals surface area contributed by atoms with Gasteiger partial charge in [0, 0.05) is 5.69 Å². The van der Waals surface area contributed by atoms with Crippen LogP contribution in [0.2, 0.25) is 0 Å². The van der Waals surface area contributed by atoms with Gasteiger partial charge in [-0.1, -0.05) is 45.0 Å². The van der Waals surface area contributed by atoms with E-state index in [1.54, 1.807) is 0 Å². The van der Waals surface area contributed by atoms with Crippen molar-refractivity contribution in [2.75, 3.05) is 5.32 Å². The summed E-state index contributed by atoms with van der Waals surface area (Å²) in [5, 5.41) is 3.10. The number of carbonyl (C=O) groups is 1. The third-order valence-electron chi connectivity index (χ3n) is 4.31. The summed E-state index contributed by atoms with van der Waals surface area (Å²) in [4.78, 5) is 12.8. The van der Waals surface area contributed by atoms with Gasteiger partial charge in [-0.25, -0.2) is 0 Å². The van der Waals surface area contributed by atoms with Crippen molar-refractivity contribution in [1.82, 2.24) is 0 Å². The van der Waals surface area contributed by atoms with Gasteiger partial charge in [-0.3, -0.25) is 4.79 Å². The molecule has 1 amide bonds. The van der Waals surface area contributed by atoms with E-state index in [9.17, 15) is 4.79 Å². The van der Waals surface area contributed by atoms with Gasteiger partial charge in [-0.2, -0.15) is 0 Å². The van der Waals surface area contributed by atoms with Crippen LogP contribution in [0.25, 0.3) is 0 Å². The molecule has 1 atom stereocenters. The molecule has 0 bridgehead atoms. The van der Waals surface area contributed by atoms with Gasteiger partial charge in [-0.15, -0.1) is 0 Å². The van der Waals surface area contributed by atoms with Crippen LogP contribution in [0.15, 0.2) is 36.4 Å². The fourth-order valence-corrected chi connectivity index (χ4v) is 3.03. The maximum absolute atomic E-state index is 12.8. The quantitative estimate of drug-likeness (QED) is 0.751. The zero-order chi connectivity index (χ0) is 18.6. The van der Waals surface area contributed by atoms with E-state index in [-0.39, 0.29) is 5.91 Å². The molecular weight excluding hydrogens is 310 g/mol. The normalized spacial score (nSPS) is 12.1. The van der Waals surface area contributed by atoms with Gasteiger partial charge in [-0.05, 0) is 67.5 Å². The van der Waals surface area contributed by atoms with Crippen molar-refractivity contribution in [3.8, 4) is 5.75 Å². The molecule has 0 aliphatic carbocycles. The first-order valence-electron chi connectivity index (χ1n) is 8.97. The Labute approximate surface area is 151 Å². The van der Waals surface area contributed by atoms with Crippen LogP contribution < -0.4 is 10.1 Å². The Morgan fingerprint density at radius 1 is 1.08 bits per heavy atom. The minimum Gasteiger partial charge on any atom is -0.481 e. The van der Waals surface area contributed by atoms with Crippen LogP contribution in [0.4, 0.5) is 5.69 Å². The molecule has 2 rings (SSSR count). The Morgan fingerprint density at radius 3 is 2.28 bits per heavy atom. The lowest BCUT2D eigenvalue weighted by molar-refractivity contribution is -0.122. The topological polar surface area (TPSA) is 38.3 Å². The average Bonchev–Trinajstić information content (AvgIpc) is 2.53. The molecule has 0 saturated heterocycles. The molecule has 0 heterocycles. The molecule has 0 fully saturated rings. The molecule has 1 unspecified atom stereocenters. The molecule has 0 spiro atoms. The average molecular weight is 339 g/mol. The van der Waals surface area contributed by atoms with E-state index in [0.29, 0.717) is 12.3 Å². The lowest BCUT2D eigenvalue weighted by Crippen LogP contribution is -2.33. The van der Waals surface area contributed by atoms with Gasteiger partial charge in [0.25, 0.3) is 5.91 Å². The van der Waals surface area contributed by atoms with Crippen LogP contribution in [0.1, 0.15) is 55.4 Å². The first-order chi connectivity index (χ1) is 11.8. The first kappa shape index (κ1) is 19.0. The number of carbonyl (C=O) groups excluding carboxylic acids is 1. The second kappa shape index (κ2) is 8.19. The number of hydrogen-bond acceptors (Lipinski definition) is 2. The fourth-order valence-electron chi connectivity index (χ4n) is 3.03. The van der Waals surface area contributed by atoms with Crippen molar-refractivity contribution < 1.29 is 9.53 Å². The number of aryl methyl sites for hydroxylation is 3. The summed E-state index contributed by atoms with van der Waals surface area (Å²) in [7, 11) is 0. The Morgan fingerprint density at radius 2 is 1.72 bits per heavy atom. The number of nitrogens with one attached hydrogen (secondary N) is 1. The molecule has 3 heteroatoms. The van der Waals surface area contributed by atoms with Gasteiger partial charge >= 0.3 is 0 Å². The molecule has 134 valence electrons. The summed E-state index contributed by atoms with van der Waals surface area (Å²) >= 11 is 0. The van der Waals surface area contributed by atoms with Crippen molar-refractivity contribution in [1.29, 1.82) is 0 Å². The molecule has 25 heavy (non-hydrogen) atoms. The molecular formula is C22H29NO2. The SMILES string of the molecule is CCC(Oc1cc(C)cc(C)c1)C(=O)Nc1c(C)cccc1C(C)C. The highest BCUT2D eigenvalue weighted by Crippen LogP contribution is 2.28. The summed E-state index contributed by atoms with van der Waals surface area (Å²) in [6.07, 6.45) is 0.0997. The van der Waals surface area contributed by atoms with Gasteiger partial charge in [0.15, 0.2) is 6.10 Å². The molecule has 0 saturated carbocycles. The largest absolute Gasteiger partial charge is 0.481 e. The van der Waals surface area contributed by atoms with E-state index < -0.39 is 6.10 Å². The summed E-state index contributed by atoms with van der Waals surface area (Å²) in [6, 6.07) is 12.2. The minimum absolute atomic E-state index is 0.0992. The second-order valence-electron chi connectivity index (χ2n) is 7.02. The molecule has 0 aromatic heterocycles. The molecule has 2 aromatic rings. The van der Waals surface area contributed by atoms with Crippen LogP contribution in [-0.4, -0.2) is 12.0 Å².